The first-order chi connectivity index (χ1) is 26.3. The smallest absolute Gasteiger partial charge is 0.350 e. The zero-order chi connectivity index (χ0) is 43.4. The van der Waals surface area contributed by atoms with Gasteiger partial charge < -0.3 is 10.6 Å². The summed E-state index contributed by atoms with van der Waals surface area (Å²) in [7, 11) is 0. The number of hydrogen-bond acceptors (Lipinski definition) is 5. The molecule has 7 nitrogen and oxygen atoms in total. The number of benzene rings is 4. The Hall–Kier alpha value is -4.69. The van der Waals surface area contributed by atoms with Crippen molar-refractivity contribution in [3.8, 4) is 0 Å². The Morgan fingerprint density at radius 1 is 0.526 bits per heavy atom. The molecule has 4 aromatic carbocycles. The molecule has 0 aromatic heterocycles. The summed E-state index contributed by atoms with van der Waals surface area (Å²) >= 11 is 22.5. The van der Waals surface area contributed by atoms with Crippen molar-refractivity contribution in [1.82, 2.24) is 10.6 Å². The fraction of sp³-hybridized carbons (Fsp3) is 0.225. The van der Waals surface area contributed by atoms with Crippen molar-refractivity contribution in [1.29, 1.82) is 0 Å². The van der Waals surface area contributed by atoms with Crippen molar-refractivity contribution >= 4 is 81.1 Å². The minimum Gasteiger partial charge on any atom is -0.350 e. The average molecular weight is 879 g/mol. The molecule has 0 aliphatic heterocycles. The summed E-state index contributed by atoms with van der Waals surface area (Å²) in [5.74, 6) is -3.00. The Kier molecular flexibility index (Phi) is 18.0. The molecule has 304 valence electrons. The molecule has 0 saturated heterocycles. The van der Waals surface area contributed by atoms with Gasteiger partial charge in [-0.25, -0.2) is 0 Å². The summed E-state index contributed by atoms with van der Waals surface area (Å²) in [6.07, 6.45) is -9.16. The number of ketones is 3. The minimum absolute atomic E-state index is 0.00917. The lowest BCUT2D eigenvalue weighted by Gasteiger charge is -2.14. The van der Waals surface area contributed by atoms with Gasteiger partial charge in [0.05, 0.1) is 17.7 Å². The normalized spacial score (nSPS) is 12.4. The summed E-state index contributed by atoms with van der Waals surface area (Å²) in [5.41, 5.74) is 0.480. The topological polar surface area (TPSA) is 109 Å². The molecule has 2 atom stereocenters. The van der Waals surface area contributed by atoms with Gasteiger partial charge >= 0.3 is 12.4 Å². The van der Waals surface area contributed by atoms with E-state index in [2.05, 4.69) is 10.6 Å². The van der Waals surface area contributed by atoms with Crippen molar-refractivity contribution in [2.24, 2.45) is 0 Å². The van der Waals surface area contributed by atoms with Crippen LogP contribution in [0.5, 0.6) is 0 Å². The third kappa shape index (κ3) is 16.4. The maximum absolute atomic E-state index is 13.5. The second-order valence-corrected chi connectivity index (χ2v) is 14.0. The number of amides is 2. The van der Waals surface area contributed by atoms with Crippen LogP contribution in [0.15, 0.2) is 91.0 Å². The molecular weight excluding hydrogens is 844 g/mol. The van der Waals surface area contributed by atoms with Gasteiger partial charge in [0.15, 0.2) is 11.6 Å². The maximum atomic E-state index is 13.5. The highest BCUT2D eigenvalue weighted by Crippen LogP contribution is 2.36. The van der Waals surface area contributed by atoms with Gasteiger partial charge in [-0.05, 0) is 79.9 Å². The van der Waals surface area contributed by atoms with Crippen LogP contribution < -0.4 is 10.6 Å². The van der Waals surface area contributed by atoms with Gasteiger partial charge in [-0.15, -0.1) is 0 Å². The SMILES string of the molecule is CC(=O)N[C@@H](C)c1ccc(C(=O)/C=C(/c2cc(Cl)cc(Cl)c2)C(F)(F)F)cc1.CC(=O)N[C@@H](C)c1ccc(C(C)=O)cc1.O=C(c1cc(Cl)cc(Cl)c1)C(F)(F)F. The fourth-order valence-electron chi connectivity index (χ4n) is 4.82. The lowest BCUT2D eigenvalue weighted by atomic mass is 9.99. The number of nitrogens with one attached hydrogen (secondary N) is 2. The van der Waals surface area contributed by atoms with Gasteiger partial charge in [0.2, 0.25) is 11.8 Å². The number of carbonyl (C=O) groups is 5. The lowest BCUT2D eigenvalue weighted by molar-refractivity contribution is -0.120. The number of alkyl halides is 6. The molecule has 2 amide bonds. The summed E-state index contributed by atoms with van der Waals surface area (Å²) in [5, 5.41) is 5.51. The first-order valence-corrected chi connectivity index (χ1v) is 17.9. The number of halogens is 10. The molecule has 0 heterocycles. The standard InChI is InChI=1S/C20H16Cl2F3NO2.C12H15NO2.C8H3Cl2F3O/c1-11(26-12(2)27)13-3-5-14(6-4-13)19(28)10-18(20(23,24)25)15-7-16(21)9-17(22)8-15;1-8(13-10(3)15)11-4-6-12(7-5-11)9(2)14;9-5-1-4(2-6(10)3-5)7(14)8(11,12)13/h3-11H,1-2H3,(H,26,27);4-8H,1-3H3,(H,13,15);1-3H/b18-10-;;/t11-;8-;/m00./s1. The zero-order valence-electron chi connectivity index (χ0n) is 30.6. The average Bonchev–Trinajstić information content (AvgIpc) is 3.08. The van der Waals surface area contributed by atoms with Crippen LogP contribution in [0.4, 0.5) is 26.3 Å². The summed E-state index contributed by atoms with van der Waals surface area (Å²) in [6.45, 7) is 8.06. The first kappa shape index (κ1) is 48.5. The zero-order valence-corrected chi connectivity index (χ0v) is 33.7. The maximum Gasteiger partial charge on any atom is 0.454 e. The Morgan fingerprint density at radius 3 is 1.19 bits per heavy atom. The number of Topliss-reactive ketones (excluding diaryl/α,β-unsaturated/α-hetero) is 2. The van der Waals surface area contributed by atoms with E-state index < -0.39 is 35.1 Å². The summed E-state index contributed by atoms with van der Waals surface area (Å²) in [4.78, 5) is 56.1. The van der Waals surface area contributed by atoms with Crippen molar-refractivity contribution in [3.63, 3.8) is 0 Å². The van der Waals surface area contributed by atoms with E-state index in [1.54, 1.807) is 31.2 Å². The van der Waals surface area contributed by atoms with E-state index in [0.717, 1.165) is 29.8 Å². The van der Waals surface area contributed by atoms with Crippen LogP contribution >= 0.6 is 46.4 Å². The molecule has 4 rings (SSSR count). The van der Waals surface area contributed by atoms with Crippen LogP contribution in [0.25, 0.3) is 5.57 Å². The van der Waals surface area contributed by atoms with Gasteiger partial charge in [-0.2, -0.15) is 26.3 Å². The third-order valence-electron chi connectivity index (χ3n) is 7.49. The predicted octanol–water partition coefficient (Wildman–Crippen LogP) is 11.8. The van der Waals surface area contributed by atoms with E-state index in [4.69, 9.17) is 46.4 Å². The Bertz CT molecular complexity index is 2080. The van der Waals surface area contributed by atoms with Crippen molar-refractivity contribution in [2.45, 2.75) is 59.1 Å². The van der Waals surface area contributed by atoms with Crippen LogP contribution in [0, 0.1) is 0 Å². The molecule has 0 radical (unpaired) electrons. The molecule has 4 aromatic rings. The van der Waals surface area contributed by atoms with E-state index in [9.17, 15) is 50.3 Å². The molecule has 0 fully saturated rings. The van der Waals surface area contributed by atoms with Gasteiger partial charge in [0, 0.05) is 50.6 Å². The van der Waals surface area contributed by atoms with Gasteiger partial charge in [-0.1, -0.05) is 94.9 Å². The largest absolute Gasteiger partial charge is 0.454 e. The second kappa shape index (κ2) is 21.2. The molecule has 0 unspecified atom stereocenters. The molecular formula is C40H34Cl4F6N2O5. The fourth-order valence-corrected chi connectivity index (χ4v) is 5.87. The van der Waals surface area contributed by atoms with Crippen LogP contribution in [0.3, 0.4) is 0 Å². The lowest BCUT2D eigenvalue weighted by Crippen LogP contribution is -2.23. The van der Waals surface area contributed by atoms with Gasteiger partial charge in [-0.3, -0.25) is 24.0 Å². The van der Waals surface area contributed by atoms with Crippen molar-refractivity contribution in [2.75, 3.05) is 0 Å². The molecule has 0 bridgehead atoms. The van der Waals surface area contributed by atoms with Crippen molar-refractivity contribution in [3.05, 3.63) is 144 Å². The van der Waals surface area contributed by atoms with Crippen LogP contribution in [-0.2, 0) is 9.59 Å². The second-order valence-electron chi connectivity index (χ2n) is 12.2. The Labute approximate surface area is 344 Å². The molecule has 57 heavy (non-hydrogen) atoms. The molecule has 0 aliphatic carbocycles. The molecule has 0 aliphatic rings. The minimum atomic E-state index is -4.91. The first-order valence-electron chi connectivity index (χ1n) is 16.4. The summed E-state index contributed by atoms with van der Waals surface area (Å²) in [6, 6.07) is 19.5. The van der Waals surface area contributed by atoms with Crippen LogP contribution in [0.1, 0.15) is 94.5 Å². The van der Waals surface area contributed by atoms with E-state index >= 15 is 0 Å². The quantitative estimate of drug-likeness (QED) is 0.0989. The monoisotopic (exact) mass is 876 g/mol. The number of carbonyl (C=O) groups excluding carboxylic acids is 5. The highest BCUT2D eigenvalue weighted by atomic mass is 35.5. The Balaban J connectivity index is 0.000000325. The molecule has 0 spiro atoms. The van der Waals surface area contributed by atoms with Crippen LogP contribution in [0.2, 0.25) is 20.1 Å². The van der Waals surface area contributed by atoms with Gasteiger partial charge in [0.25, 0.3) is 5.78 Å². The molecule has 2 N–H and O–H groups in total. The van der Waals surface area contributed by atoms with Crippen molar-refractivity contribution < 1.29 is 50.3 Å². The summed E-state index contributed by atoms with van der Waals surface area (Å²) < 4.78 is 76.4. The van der Waals surface area contributed by atoms with Gasteiger partial charge in [0.1, 0.15) is 0 Å². The molecule has 17 heteroatoms. The molecule has 0 saturated carbocycles. The predicted molar refractivity (Wildman–Crippen MR) is 209 cm³/mol. The number of rotatable bonds is 9. The van der Waals surface area contributed by atoms with E-state index in [1.165, 1.54) is 45.0 Å². The number of allylic oxidation sites excluding steroid dienone is 2. The highest BCUT2D eigenvalue weighted by molar-refractivity contribution is 6.35. The van der Waals surface area contributed by atoms with E-state index in [0.29, 0.717) is 17.2 Å². The Morgan fingerprint density at radius 2 is 0.877 bits per heavy atom. The van der Waals surface area contributed by atoms with E-state index in [-0.39, 0.29) is 60.9 Å². The number of hydrogen-bond donors (Lipinski definition) is 2. The van der Waals surface area contributed by atoms with E-state index in [1.807, 2.05) is 19.1 Å². The van der Waals surface area contributed by atoms with Crippen LogP contribution in [-0.4, -0.2) is 41.5 Å². The highest BCUT2D eigenvalue weighted by Gasteiger charge is 2.39. The third-order valence-corrected chi connectivity index (χ3v) is 8.36.